The van der Waals surface area contributed by atoms with Gasteiger partial charge in [-0.3, -0.25) is 47.6 Å². The largest absolute Gasteiger partial charge is 0.756 e. The van der Waals surface area contributed by atoms with E-state index in [1.807, 2.05) is 74.1 Å². The van der Waals surface area contributed by atoms with Crippen LogP contribution in [-0.2, 0) is 60.3 Å². The van der Waals surface area contributed by atoms with Gasteiger partial charge in [0.2, 0.25) is 23.1 Å². The van der Waals surface area contributed by atoms with Gasteiger partial charge in [0.1, 0.15) is 60.8 Å². The van der Waals surface area contributed by atoms with Gasteiger partial charge in [-0.2, -0.15) is 0 Å². The molecule has 4 N–H and O–H groups in total. The lowest BCUT2D eigenvalue weighted by atomic mass is 9.89. The zero-order chi connectivity index (χ0) is 68.5. The smallest absolute Gasteiger partial charge is 0.476 e. The molecule has 4 heterocycles. The Balaban J connectivity index is 0.700. The van der Waals surface area contributed by atoms with Crippen LogP contribution in [-0.4, -0.2) is 122 Å². The van der Waals surface area contributed by atoms with Crippen molar-refractivity contribution in [2.24, 2.45) is 0 Å². The summed E-state index contributed by atoms with van der Waals surface area (Å²) in [5, 5.41) is 20.2. The third kappa shape index (κ3) is 18.4. The molecule has 1 aliphatic carbocycles. The number of carboxylic acid groups (broad SMARTS) is 1. The van der Waals surface area contributed by atoms with Crippen LogP contribution in [0.25, 0.3) is 33.4 Å². The standard InChI is InChI=1S/C64H66N5O23P3/c1-67(2)40-19-24-45-54(31-40)89-55-32-41(68(3)4)20-25-46(55)62(45)44-23-18-38(30-49(44)64(77)78)50(71)15-11-28-65-58(74)17-9-10-29-86-43-22-26-48-56(33-43)88-53-16-8-7-14-47(53)63(48)66-59(75)27-21-42(70)13-6-5-12-39-36-69(60(76)34-51(39)72)61-35-52(73)57(90-61)37-87-94(82,83)92-95(84,85)91-93(79,80)81/h7-8,14,16,18-20,22-26,30-33,36,57,61,63H,6,9-11,13,15,17,21,27-29,34-35,37H2,1-4H3,(H6-,65,66,74,75,77,78,79,80,81,82,83,84,85)/p-2. The lowest BCUT2D eigenvalue weighted by Gasteiger charge is -2.31. The van der Waals surface area contributed by atoms with E-state index in [9.17, 15) is 66.9 Å². The zero-order valence-corrected chi connectivity index (χ0v) is 54.3. The number of anilines is 1. The SMILES string of the molecule is CN(C)c1ccc2c(-c3ccc(C(=O)CCCNC(=O)CCCCOc4ccc5c(c4)Oc4ccccc4C5NC(=O)CCC(=O)CCC#CC4=CN(C5CC(=O)C(COP(=O)([O-])OP(=O)([O-])OP(=O)(O)O)O5)C(=O)CC4=O)cc3C(=O)[O-])c3ccc(=[N+](C)C)cc-3oc2c1. The first kappa shape index (κ1) is 70.5. The van der Waals surface area contributed by atoms with Crippen molar-refractivity contribution >= 4 is 86.9 Å². The first-order valence-corrected chi connectivity index (χ1v) is 34.1. The van der Waals surface area contributed by atoms with Crippen LogP contribution in [0.1, 0.15) is 109 Å². The number of para-hydroxylation sites is 1. The van der Waals surface area contributed by atoms with E-state index in [0.29, 0.717) is 81.1 Å². The molecule has 3 amide bonds. The minimum Gasteiger partial charge on any atom is -0.756 e. The summed E-state index contributed by atoms with van der Waals surface area (Å²) in [5.41, 5.74) is 4.31. The average Bonchev–Trinajstić information content (AvgIpc) is 0.801. The van der Waals surface area contributed by atoms with Gasteiger partial charge in [-0.1, -0.05) is 42.2 Å². The number of ketones is 4. The topological polar surface area (TPSA) is 399 Å². The predicted octanol–water partition coefficient (Wildman–Crippen LogP) is 4.89. The molecular weight excluding hydrogens is 1300 g/mol. The molecule has 1 saturated heterocycles. The number of phosphoric ester groups is 1. The maximum Gasteiger partial charge on any atom is 0.476 e. The molecule has 4 aliphatic heterocycles. The zero-order valence-electron chi connectivity index (χ0n) is 51.6. The number of hydrogen-bond acceptors (Lipinski definition) is 22. The number of carboxylic acids is 1. The number of carbonyl (C=O) groups excluding carboxylic acids is 8. The van der Waals surface area contributed by atoms with Gasteiger partial charge in [-0.25, -0.2) is 17.8 Å². The highest BCUT2D eigenvalue weighted by Crippen LogP contribution is 2.62. The van der Waals surface area contributed by atoms with Crippen LogP contribution in [0.15, 0.2) is 113 Å². The molecule has 1 fully saturated rings. The van der Waals surface area contributed by atoms with Crippen molar-refractivity contribution in [2.75, 3.05) is 52.8 Å². The molecule has 0 radical (unpaired) electrons. The number of phosphoric acid groups is 3. The van der Waals surface area contributed by atoms with E-state index in [-0.39, 0.29) is 85.9 Å². The summed E-state index contributed by atoms with van der Waals surface area (Å²) in [5.74, 6) is 2.22. The van der Waals surface area contributed by atoms with Gasteiger partial charge in [0, 0.05) is 128 Å². The van der Waals surface area contributed by atoms with Crippen LogP contribution in [0.2, 0.25) is 0 Å². The molecule has 5 atom stereocenters. The van der Waals surface area contributed by atoms with Gasteiger partial charge < -0.3 is 68.2 Å². The van der Waals surface area contributed by atoms with Crippen LogP contribution >= 0.6 is 23.5 Å². The normalized spacial score (nSPS) is 17.3. The fourth-order valence-electron chi connectivity index (χ4n) is 10.6. The minimum atomic E-state index is -6.15. The van der Waals surface area contributed by atoms with Gasteiger partial charge >= 0.3 is 7.82 Å². The van der Waals surface area contributed by atoms with E-state index in [2.05, 4.69) is 35.6 Å². The van der Waals surface area contributed by atoms with Crippen LogP contribution in [0.5, 0.6) is 17.2 Å². The number of rotatable bonds is 28. The summed E-state index contributed by atoms with van der Waals surface area (Å²) < 4.78 is 71.5. The molecule has 0 saturated carbocycles. The van der Waals surface area contributed by atoms with E-state index < -0.39 is 90.6 Å². The van der Waals surface area contributed by atoms with Crippen LogP contribution < -0.4 is 49.8 Å². The third-order valence-electron chi connectivity index (χ3n) is 15.3. The fourth-order valence-corrected chi connectivity index (χ4v) is 13.5. The Kier molecular flexibility index (Phi) is 22.5. The van der Waals surface area contributed by atoms with Gasteiger partial charge in [-0.05, 0) is 67.3 Å². The second-order valence-corrected chi connectivity index (χ2v) is 26.9. The number of fused-ring (bicyclic) bond motifs is 4. The number of hydrogen-bond donors (Lipinski definition) is 4. The lowest BCUT2D eigenvalue weighted by molar-refractivity contribution is -0.255. The fraction of sp³-hybridized carbons (Fsp3) is 0.328. The number of ether oxygens (including phenoxy) is 3. The van der Waals surface area contributed by atoms with Crippen molar-refractivity contribution in [1.29, 1.82) is 0 Å². The van der Waals surface area contributed by atoms with Crippen molar-refractivity contribution in [3.05, 3.63) is 136 Å². The van der Waals surface area contributed by atoms with Gasteiger partial charge in [0.05, 0.1) is 49.7 Å². The molecule has 9 rings (SSSR count). The van der Waals surface area contributed by atoms with Crippen molar-refractivity contribution in [3.8, 4) is 51.5 Å². The summed E-state index contributed by atoms with van der Waals surface area (Å²) >= 11 is 0. The summed E-state index contributed by atoms with van der Waals surface area (Å²) in [6.45, 7) is -0.685. The van der Waals surface area contributed by atoms with Gasteiger partial charge in [-0.15, -0.1) is 0 Å². The van der Waals surface area contributed by atoms with Crippen molar-refractivity contribution in [3.63, 3.8) is 0 Å². The van der Waals surface area contributed by atoms with E-state index in [1.54, 1.807) is 54.6 Å². The Morgan fingerprint density at radius 1 is 0.800 bits per heavy atom. The molecular formula is C64H64N5O23P3-2. The number of benzene rings is 5. The van der Waals surface area contributed by atoms with Crippen LogP contribution in [0.3, 0.4) is 0 Å². The van der Waals surface area contributed by atoms with Crippen molar-refractivity contribution in [2.45, 2.75) is 89.0 Å². The Hall–Kier alpha value is -8.80. The summed E-state index contributed by atoms with van der Waals surface area (Å²) in [4.78, 5) is 147. The van der Waals surface area contributed by atoms with Gasteiger partial charge in [0.15, 0.2) is 17.3 Å². The second-order valence-electron chi connectivity index (χ2n) is 22.6. The predicted molar refractivity (Wildman–Crippen MR) is 332 cm³/mol. The monoisotopic (exact) mass is 1360 g/mol. The Bertz CT molecular complexity index is 4350. The number of aromatic carboxylic acids is 1. The van der Waals surface area contributed by atoms with Crippen LogP contribution in [0.4, 0.5) is 5.69 Å². The number of amides is 3. The molecule has 5 unspecified atom stereocenters. The van der Waals surface area contributed by atoms with Crippen molar-refractivity contribution < 1.29 is 109 Å². The number of nitrogens with one attached hydrogen (secondary N) is 2. The third-order valence-corrected chi connectivity index (χ3v) is 19.0. The molecule has 28 nitrogen and oxygen atoms in total. The maximum atomic E-state index is 13.5. The molecule has 0 aromatic heterocycles. The van der Waals surface area contributed by atoms with Gasteiger partial charge in [0.25, 0.3) is 15.6 Å². The second kappa shape index (κ2) is 30.3. The maximum absolute atomic E-state index is 13.5. The molecule has 0 bridgehead atoms. The molecule has 4 aromatic rings. The van der Waals surface area contributed by atoms with E-state index in [0.717, 1.165) is 22.1 Å². The number of nitrogens with zero attached hydrogens (tertiary/aromatic N) is 3. The highest BCUT2D eigenvalue weighted by molar-refractivity contribution is 7.65. The van der Waals surface area contributed by atoms with Crippen LogP contribution in [0, 0.1) is 11.8 Å². The first-order valence-electron chi connectivity index (χ1n) is 29.7. The molecule has 5 aliphatic rings. The first-order chi connectivity index (χ1) is 45.0. The highest BCUT2D eigenvalue weighted by Gasteiger charge is 2.42. The number of carbonyl (C=O) groups is 8. The summed E-state index contributed by atoms with van der Waals surface area (Å²) in [7, 11) is -10.2. The van der Waals surface area contributed by atoms with Crippen molar-refractivity contribution in [1.82, 2.24) is 20.1 Å². The van der Waals surface area contributed by atoms with E-state index in [1.165, 1.54) is 6.07 Å². The quantitative estimate of drug-likeness (QED) is 0.00966. The summed E-state index contributed by atoms with van der Waals surface area (Å²) in [6, 6.07) is 27.6. The average molecular weight is 1360 g/mol. The number of allylic oxidation sites excluding steroid dienone is 1. The highest BCUT2D eigenvalue weighted by atomic mass is 31.3. The Morgan fingerprint density at radius 2 is 1.56 bits per heavy atom. The molecule has 500 valence electrons. The molecule has 4 aromatic carbocycles. The molecule has 0 spiro atoms. The Labute approximate surface area is 543 Å². The van der Waals surface area contributed by atoms with E-state index >= 15 is 0 Å². The molecule has 95 heavy (non-hydrogen) atoms. The number of unbranched alkanes of at least 4 members (excludes halogenated alkanes) is 1. The minimum absolute atomic E-state index is 0.0463. The lowest BCUT2D eigenvalue weighted by Crippen LogP contribution is -2.41. The Morgan fingerprint density at radius 3 is 2.31 bits per heavy atom. The number of Topliss-reactive ketones (excluding diaryl/α,β-unsaturated/α-hetero) is 4. The molecule has 31 heteroatoms. The van der Waals surface area contributed by atoms with E-state index in [4.69, 9.17) is 28.4 Å². The summed E-state index contributed by atoms with van der Waals surface area (Å²) in [6.07, 6.45) is -2.17.